The fourth-order valence-electron chi connectivity index (χ4n) is 10.8. The van der Waals surface area contributed by atoms with E-state index in [4.69, 9.17) is 17.0 Å². The summed E-state index contributed by atoms with van der Waals surface area (Å²) in [6.07, 6.45) is 4.88. The van der Waals surface area contributed by atoms with Crippen molar-refractivity contribution < 1.29 is 16.4 Å². The van der Waals surface area contributed by atoms with Crippen LogP contribution in [-0.4, -0.2) is 9.52 Å². The second kappa shape index (κ2) is 13.3. The molecule has 0 N–H and O–H groups in total. The number of halogens is 2. The third kappa shape index (κ3) is 5.68. The first-order valence-electron chi connectivity index (χ1n) is 20.2. The van der Waals surface area contributed by atoms with E-state index in [2.05, 4.69) is 195 Å². The molecule has 56 heavy (non-hydrogen) atoms. The van der Waals surface area contributed by atoms with Gasteiger partial charge in [0.1, 0.15) is 0 Å². The normalized spacial score (nSPS) is 18.4. The average molecular weight is 866 g/mol. The first-order chi connectivity index (χ1) is 26.6. The zero-order chi connectivity index (χ0) is 39.4. The molecule has 1 aliphatic heterocycles. The maximum absolute atomic E-state index is 9.12. The molecule has 0 spiro atoms. The molecular weight excluding hydrogens is 815 g/mol. The Morgan fingerprint density at radius 1 is 0.464 bits per heavy atom. The van der Waals surface area contributed by atoms with Gasteiger partial charge in [0, 0.05) is 0 Å². The van der Waals surface area contributed by atoms with Gasteiger partial charge in [-0.25, -0.2) is 0 Å². The van der Waals surface area contributed by atoms with Crippen LogP contribution in [0.25, 0.3) is 45.5 Å². The molecule has 3 aliphatic rings. The third-order valence-electron chi connectivity index (χ3n) is 13.0. The predicted molar refractivity (Wildman–Crippen MR) is 245 cm³/mol. The fraction of sp³-hybridized carbons (Fsp3) is 0.231. The van der Waals surface area contributed by atoms with Crippen molar-refractivity contribution in [2.45, 2.75) is 73.5 Å². The van der Waals surface area contributed by atoms with Gasteiger partial charge in [-0.05, 0) is 0 Å². The maximum atomic E-state index is 9.12. The van der Waals surface area contributed by atoms with Crippen LogP contribution in [0.2, 0.25) is 0 Å². The molecular formula is C52H51Cl2SiZr. The van der Waals surface area contributed by atoms with Gasteiger partial charge in [-0.2, -0.15) is 0 Å². The Hall–Kier alpha value is -3.52. The minimum absolute atomic E-state index is 0.0117. The Bertz CT molecular complexity index is 2530. The van der Waals surface area contributed by atoms with Gasteiger partial charge in [0.15, 0.2) is 0 Å². The number of benzene rings is 6. The van der Waals surface area contributed by atoms with Crippen LogP contribution in [0, 0.1) is 0 Å². The molecule has 6 aromatic carbocycles. The third-order valence-corrected chi connectivity index (χ3v) is 36.2. The van der Waals surface area contributed by atoms with Gasteiger partial charge < -0.3 is 0 Å². The van der Waals surface area contributed by atoms with E-state index in [9.17, 15) is 0 Å². The molecule has 0 amide bonds. The first kappa shape index (κ1) is 38.0. The number of rotatable bonds is 5. The van der Waals surface area contributed by atoms with E-state index in [0.29, 0.717) is 0 Å². The summed E-state index contributed by atoms with van der Waals surface area (Å²) in [5, 5.41) is 2.94. The Kier molecular flexibility index (Phi) is 9.00. The monoisotopic (exact) mass is 863 g/mol. The van der Waals surface area contributed by atoms with Gasteiger partial charge >= 0.3 is 348 Å². The van der Waals surface area contributed by atoms with Gasteiger partial charge in [-0.15, -0.1) is 0 Å². The molecule has 0 saturated heterocycles. The number of hydrogen-bond donors (Lipinski definition) is 0. The quantitative estimate of drug-likeness (QED) is 0.151. The molecule has 2 unspecified atom stereocenters. The Balaban J connectivity index is 1.33. The summed E-state index contributed by atoms with van der Waals surface area (Å²) in [5.74, 6) is 0. The summed E-state index contributed by atoms with van der Waals surface area (Å²) in [4.78, 5) is 0. The molecule has 0 bridgehead atoms. The molecule has 6 aromatic rings. The van der Waals surface area contributed by atoms with E-state index in [0.717, 1.165) is 0 Å². The van der Waals surface area contributed by atoms with Gasteiger partial charge in [0.2, 0.25) is 0 Å². The average Bonchev–Trinajstić information content (AvgIpc) is 3.84. The molecule has 0 fully saturated rings. The van der Waals surface area contributed by atoms with Crippen LogP contribution in [-0.2, 0) is 27.2 Å². The zero-order valence-corrected chi connectivity index (χ0v) is 39.3. The molecule has 0 radical (unpaired) electrons. The van der Waals surface area contributed by atoms with Crippen molar-refractivity contribution in [1.29, 1.82) is 0 Å². The summed E-state index contributed by atoms with van der Waals surface area (Å²) in [6, 6.07) is 47.6. The molecule has 0 saturated carbocycles. The van der Waals surface area contributed by atoms with Crippen molar-refractivity contribution in [3.63, 3.8) is 0 Å². The summed E-state index contributed by atoms with van der Waals surface area (Å²) < 4.78 is 1.06. The van der Waals surface area contributed by atoms with E-state index in [1.807, 2.05) is 0 Å². The van der Waals surface area contributed by atoms with Crippen molar-refractivity contribution in [3.05, 3.63) is 172 Å². The minimum atomic E-state index is -5.52. The Morgan fingerprint density at radius 3 is 1.38 bits per heavy atom. The van der Waals surface area contributed by atoms with Gasteiger partial charge in [-0.3, -0.25) is 0 Å². The second-order valence-corrected chi connectivity index (χ2v) is 41.1. The van der Waals surface area contributed by atoms with E-state index in [-0.39, 0.29) is 18.1 Å². The van der Waals surface area contributed by atoms with Crippen LogP contribution in [0.4, 0.5) is 0 Å². The summed E-state index contributed by atoms with van der Waals surface area (Å²) >= 11 is -5.52. The molecule has 1 heterocycles. The van der Waals surface area contributed by atoms with Crippen LogP contribution in [0.1, 0.15) is 96.0 Å². The molecule has 0 aromatic heterocycles. The topological polar surface area (TPSA) is 0 Å². The predicted octanol–water partition coefficient (Wildman–Crippen LogP) is 12.7. The number of hydrogen-bond acceptors (Lipinski definition) is 0. The van der Waals surface area contributed by atoms with Crippen molar-refractivity contribution in [1.82, 2.24) is 0 Å². The second-order valence-electron chi connectivity index (χ2n) is 18.7. The van der Waals surface area contributed by atoms with E-state index in [1.165, 1.54) is 91.6 Å². The van der Waals surface area contributed by atoms with Crippen molar-refractivity contribution in [2.24, 2.45) is 0 Å². The summed E-state index contributed by atoms with van der Waals surface area (Å²) in [7, 11) is 17.4. The van der Waals surface area contributed by atoms with Gasteiger partial charge in [0.25, 0.3) is 0 Å². The summed E-state index contributed by atoms with van der Waals surface area (Å²) in [6.45, 7) is 18.5. The van der Waals surface area contributed by atoms with Crippen molar-refractivity contribution >= 4 is 52.3 Å². The molecule has 9 rings (SSSR count). The van der Waals surface area contributed by atoms with Crippen LogP contribution in [0.5, 0.6) is 0 Å². The Labute approximate surface area is 344 Å². The van der Waals surface area contributed by atoms with Gasteiger partial charge in [-0.1, -0.05) is 0 Å². The number of fused-ring (bicyclic) bond motifs is 5. The Morgan fingerprint density at radius 2 is 0.875 bits per heavy atom. The van der Waals surface area contributed by atoms with Crippen LogP contribution in [0.15, 0.2) is 139 Å². The van der Waals surface area contributed by atoms with E-state index >= 15 is 0 Å². The van der Waals surface area contributed by atoms with E-state index in [1.54, 1.807) is 0 Å². The standard InChI is InChI=1S/2C20H21.C12H9Si.2ClH.Zr/c2*1-14-12-15-8-7-10-16(18(15)13-14)17-9-5-6-11-19(17)20(2,3)4;1-3-7-11-9(5-1)10-6-2-4-8-12(10)13-11;;;/h2*5-13H,1-4H3;1-7H,13H2;2*1H;/q;;;;;+2/p-2. The van der Waals surface area contributed by atoms with E-state index < -0.39 is 25.9 Å². The van der Waals surface area contributed by atoms with Crippen molar-refractivity contribution in [2.75, 3.05) is 0 Å². The van der Waals surface area contributed by atoms with Crippen LogP contribution in [0.3, 0.4) is 0 Å². The molecule has 281 valence electrons. The molecule has 4 heteroatoms. The van der Waals surface area contributed by atoms with Gasteiger partial charge in [0.05, 0.1) is 0 Å². The summed E-state index contributed by atoms with van der Waals surface area (Å²) in [5.41, 5.74) is 18.1. The number of allylic oxidation sites excluding steroid dienone is 2. The van der Waals surface area contributed by atoms with Crippen LogP contribution >= 0.6 is 17.0 Å². The molecule has 2 atom stereocenters. The molecule has 0 nitrogen and oxygen atoms in total. The van der Waals surface area contributed by atoms with Crippen LogP contribution < -0.4 is 13.6 Å². The SMILES string of the molecule is CC1=Cc2c(-c3ccccc3C(C)(C)C)cccc2[CH]1[Zr]([Cl])([Cl])([c]1cccc2c1[SiH2]c1ccccc1-2)[CH]1C(C)=Cc2c(-c3ccccc3C(C)(C)C)cccc21. The molecule has 2 aliphatic carbocycles. The van der Waals surface area contributed by atoms with Crippen molar-refractivity contribution in [3.8, 4) is 33.4 Å². The fourth-order valence-corrected chi connectivity index (χ4v) is 39.6. The zero-order valence-electron chi connectivity index (χ0n) is 33.9. The first-order valence-corrected chi connectivity index (χ1v) is 32.0.